The molecule has 1 aliphatic rings. The van der Waals surface area contributed by atoms with Crippen LogP contribution in [0.1, 0.15) is 15.9 Å². The van der Waals surface area contributed by atoms with Crippen molar-refractivity contribution < 1.29 is 18.0 Å². The van der Waals surface area contributed by atoms with Gasteiger partial charge in [0.1, 0.15) is 5.56 Å². The van der Waals surface area contributed by atoms with Gasteiger partial charge in [0.2, 0.25) is 0 Å². The van der Waals surface area contributed by atoms with Crippen LogP contribution >= 0.6 is 11.8 Å². The van der Waals surface area contributed by atoms with E-state index in [4.69, 9.17) is 0 Å². The minimum Gasteiger partial charge on any atom is -0.345 e. The lowest BCUT2D eigenvalue weighted by Crippen LogP contribution is -2.39. The number of aromatic amines is 1. The molecule has 4 nitrogen and oxygen atoms in total. The molecular formula is C17H13F3N2O2S. The van der Waals surface area contributed by atoms with Crippen molar-refractivity contribution in [1.82, 2.24) is 10.3 Å². The number of hydrogen-bond donors (Lipinski definition) is 2. The first-order chi connectivity index (χ1) is 11.9. The third kappa shape index (κ3) is 3.79. The van der Waals surface area contributed by atoms with Gasteiger partial charge >= 0.3 is 6.18 Å². The zero-order chi connectivity index (χ0) is 18.0. The van der Waals surface area contributed by atoms with Gasteiger partial charge in [0, 0.05) is 11.4 Å². The molecule has 2 aromatic rings. The number of carbonyl (C=O) groups excluding carboxylic acids is 1. The molecular weight excluding hydrogens is 353 g/mol. The molecule has 2 heterocycles. The van der Waals surface area contributed by atoms with Crippen LogP contribution in [0.5, 0.6) is 0 Å². The summed E-state index contributed by atoms with van der Waals surface area (Å²) in [5, 5.41) is 4.19. The van der Waals surface area contributed by atoms with E-state index in [9.17, 15) is 22.8 Å². The van der Waals surface area contributed by atoms with Crippen molar-refractivity contribution in [1.29, 1.82) is 0 Å². The van der Waals surface area contributed by atoms with Crippen molar-refractivity contribution in [3.8, 4) is 11.3 Å². The molecule has 1 aromatic carbocycles. The first-order valence-electron chi connectivity index (χ1n) is 7.35. The lowest BCUT2D eigenvalue weighted by molar-refractivity contribution is -0.138. The second-order valence-electron chi connectivity index (χ2n) is 5.41. The van der Waals surface area contributed by atoms with Crippen molar-refractivity contribution >= 4 is 17.7 Å². The zero-order valence-electron chi connectivity index (χ0n) is 12.8. The number of carbonyl (C=O) groups is 1. The summed E-state index contributed by atoms with van der Waals surface area (Å²) < 4.78 is 40.3. The van der Waals surface area contributed by atoms with E-state index in [1.165, 1.54) is 11.8 Å². The quantitative estimate of drug-likeness (QED) is 0.875. The molecule has 1 aliphatic heterocycles. The standard InChI is InChI=1S/C17H13F3N2O2S/c18-17(19,20)12-8-13(10-4-2-1-3-5-10)22-16(24)14(12)15(23)21-11-6-7-25-9-11/h1-8,11H,9H2,(H,21,23)(H,22,24). The molecule has 0 fully saturated rings. The molecule has 1 atom stereocenters. The molecule has 0 saturated heterocycles. The van der Waals surface area contributed by atoms with Crippen molar-refractivity contribution in [3.63, 3.8) is 0 Å². The highest BCUT2D eigenvalue weighted by Crippen LogP contribution is 2.33. The highest BCUT2D eigenvalue weighted by molar-refractivity contribution is 8.02. The van der Waals surface area contributed by atoms with Crippen molar-refractivity contribution in [2.75, 3.05) is 5.75 Å². The number of nitrogens with one attached hydrogen (secondary N) is 2. The van der Waals surface area contributed by atoms with E-state index >= 15 is 0 Å². The smallest absolute Gasteiger partial charge is 0.345 e. The van der Waals surface area contributed by atoms with Gasteiger partial charge in [0.15, 0.2) is 0 Å². The van der Waals surface area contributed by atoms with Crippen LogP contribution in [-0.4, -0.2) is 22.7 Å². The van der Waals surface area contributed by atoms with E-state index in [1.807, 2.05) is 0 Å². The number of benzene rings is 1. The molecule has 25 heavy (non-hydrogen) atoms. The Kier molecular flexibility index (Phi) is 4.71. The number of thioether (sulfide) groups is 1. The summed E-state index contributed by atoms with van der Waals surface area (Å²) in [5.74, 6) is -0.516. The predicted octanol–water partition coefficient (Wildman–Crippen LogP) is 3.42. The number of halogens is 3. The number of hydrogen-bond acceptors (Lipinski definition) is 3. The number of alkyl halides is 3. The van der Waals surface area contributed by atoms with Crippen LogP contribution in [0.2, 0.25) is 0 Å². The van der Waals surface area contributed by atoms with Crippen molar-refractivity contribution in [3.05, 3.63) is 69.4 Å². The summed E-state index contributed by atoms with van der Waals surface area (Å²) in [6.07, 6.45) is -3.16. The normalized spacial score (nSPS) is 16.8. The molecule has 3 rings (SSSR count). The predicted molar refractivity (Wildman–Crippen MR) is 90.4 cm³/mol. The van der Waals surface area contributed by atoms with E-state index in [0.717, 1.165) is 6.07 Å². The average Bonchev–Trinajstić information content (AvgIpc) is 3.07. The summed E-state index contributed by atoms with van der Waals surface area (Å²) in [4.78, 5) is 26.9. The Morgan fingerprint density at radius 1 is 1.24 bits per heavy atom. The fourth-order valence-electron chi connectivity index (χ4n) is 2.48. The van der Waals surface area contributed by atoms with Gasteiger partial charge in [-0.2, -0.15) is 13.2 Å². The Hall–Kier alpha value is -2.48. The number of rotatable bonds is 3. The average molecular weight is 366 g/mol. The topological polar surface area (TPSA) is 62.0 Å². The second-order valence-corrected chi connectivity index (χ2v) is 6.35. The Balaban J connectivity index is 2.07. The Morgan fingerprint density at radius 2 is 1.96 bits per heavy atom. The fourth-order valence-corrected chi connectivity index (χ4v) is 3.29. The maximum absolute atomic E-state index is 13.4. The molecule has 2 N–H and O–H groups in total. The van der Waals surface area contributed by atoms with E-state index in [-0.39, 0.29) is 5.69 Å². The summed E-state index contributed by atoms with van der Waals surface area (Å²) in [6.45, 7) is 0. The van der Waals surface area contributed by atoms with Crippen LogP contribution in [-0.2, 0) is 6.18 Å². The Labute approximate surface area is 145 Å². The number of amides is 1. The maximum atomic E-state index is 13.4. The lowest BCUT2D eigenvalue weighted by Gasteiger charge is -2.15. The van der Waals surface area contributed by atoms with E-state index < -0.39 is 34.8 Å². The highest BCUT2D eigenvalue weighted by atomic mass is 32.2. The molecule has 0 aliphatic carbocycles. The lowest BCUT2D eigenvalue weighted by atomic mass is 10.0. The largest absolute Gasteiger partial charge is 0.417 e. The molecule has 1 aromatic heterocycles. The van der Waals surface area contributed by atoms with Gasteiger partial charge in [-0.05, 0) is 17.0 Å². The third-order valence-electron chi connectivity index (χ3n) is 3.65. The number of H-pyrrole nitrogens is 1. The minimum atomic E-state index is -4.83. The summed E-state index contributed by atoms with van der Waals surface area (Å²) >= 11 is 1.43. The monoisotopic (exact) mass is 366 g/mol. The highest BCUT2D eigenvalue weighted by Gasteiger charge is 2.38. The fraction of sp³-hybridized carbons (Fsp3) is 0.176. The molecule has 130 valence electrons. The van der Waals surface area contributed by atoms with E-state index in [0.29, 0.717) is 11.3 Å². The Morgan fingerprint density at radius 3 is 2.56 bits per heavy atom. The van der Waals surface area contributed by atoms with E-state index in [1.54, 1.807) is 41.8 Å². The third-order valence-corrected chi connectivity index (χ3v) is 4.55. The van der Waals surface area contributed by atoms with Crippen molar-refractivity contribution in [2.45, 2.75) is 12.2 Å². The van der Waals surface area contributed by atoms with Crippen LogP contribution in [0.15, 0.2) is 52.7 Å². The zero-order valence-corrected chi connectivity index (χ0v) is 13.6. The van der Waals surface area contributed by atoms with Gasteiger partial charge in [0.25, 0.3) is 11.5 Å². The van der Waals surface area contributed by atoms with Gasteiger partial charge < -0.3 is 10.3 Å². The first kappa shape index (κ1) is 17.3. The molecule has 8 heteroatoms. The minimum absolute atomic E-state index is 0.00536. The second kappa shape index (κ2) is 6.79. The number of aromatic nitrogens is 1. The summed E-state index contributed by atoms with van der Waals surface area (Å²) in [6, 6.07) is 8.55. The van der Waals surface area contributed by atoms with Crippen LogP contribution < -0.4 is 10.9 Å². The van der Waals surface area contributed by atoms with Crippen LogP contribution in [0, 0.1) is 0 Å². The SMILES string of the molecule is O=C(NC1C=CSC1)c1c(C(F)(F)F)cc(-c2ccccc2)[nH]c1=O. The summed E-state index contributed by atoms with van der Waals surface area (Å²) in [5.41, 5.74) is -2.81. The van der Waals surface area contributed by atoms with Crippen LogP contribution in [0.4, 0.5) is 13.2 Å². The van der Waals surface area contributed by atoms with Gasteiger partial charge in [-0.25, -0.2) is 0 Å². The van der Waals surface area contributed by atoms with Crippen molar-refractivity contribution in [2.24, 2.45) is 0 Å². The molecule has 0 spiro atoms. The van der Waals surface area contributed by atoms with Crippen LogP contribution in [0.25, 0.3) is 11.3 Å². The Bertz CT molecular complexity index is 876. The molecule has 1 amide bonds. The van der Waals surface area contributed by atoms with E-state index in [2.05, 4.69) is 10.3 Å². The van der Waals surface area contributed by atoms with Crippen LogP contribution in [0.3, 0.4) is 0 Å². The molecule has 0 bridgehead atoms. The number of pyridine rings is 1. The van der Waals surface area contributed by atoms with Gasteiger partial charge in [-0.1, -0.05) is 36.4 Å². The maximum Gasteiger partial charge on any atom is 0.417 e. The molecule has 0 radical (unpaired) electrons. The van der Waals surface area contributed by atoms with Gasteiger partial charge in [-0.15, -0.1) is 11.8 Å². The van der Waals surface area contributed by atoms with Gasteiger partial charge in [0.05, 0.1) is 11.6 Å². The summed E-state index contributed by atoms with van der Waals surface area (Å²) in [7, 11) is 0. The molecule has 1 unspecified atom stereocenters. The van der Waals surface area contributed by atoms with Gasteiger partial charge in [-0.3, -0.25) is 9.59 Å². The molecule has 0 saturated carbocycles. The first-order valence-corrected chi connectivity index (χ1v) is 8.40.